The highest BCUT2D eigenvalue weighted by molar-refractivity contribution is 6.32. The van der Waals surface area contributed by atoms with E-state index in [0.29, 0.717) is 41.6 Å². The molecule has 0 aliphatic heterocycles. The molecule has 7 heteroatoms. The van der Waals surface area contributed by atoms with Gasteiger partial charge in [0.1, 0.15) is 16.9 Å². The number of amides is 2. The lowest BCUT2D eigenvalue weighted by atomic mass is 10.0. The van der Waals surface area contributed by atoms with Gasteiger partial charge < -0.3 is 20.1 Å². The van der Waals surface area contributed by atoms with Gasteiger partial charge in [-0.05, 0) is 62.2 Å². The minimum absolute atomic E-state index is 0.316. The van der Waals surface area contributed by atoms with Gasteiger partial charge in [0, 0.05) is 11.4 Å². The molecule has 0 aromatic heterocycles. The van der Waals surface area contributed by atoms with Crippen LogP contribution in [0.4, 0.5) is 11.4 Å². The predicted molar refractivity (Wildman–Crippen MR) is 105 cm³/mol. The number of nitrogens with one attached hydrogen (secondary N) is 2. The fraction of sp³-hybridized carbons (Fsp3) is 0.300. The van der Waals surface area contributed by atoms with Gasteiger partial charge in [0.15, 0.2) is 0 Å². The van der Waals surface area contributed by atoms with Crippen LogP contribution in [0.3, 0.4) is 0 Å². The highest BCUT2D eigenvalue weighted by Gasteiger charge is 2.56. The van der Waals surface area contributed by atoms with Gasteiger partial charge in [-0.25, -0.2) is 0 Å². The number of carbonyl (C=O) groups excluding carboxylic acids is 2. The molecular weight excluding hydrogens is 368 g/mol. The molecule has 0 heterocycles. The molecule has 0 atom stereocenters. The van der Waals surface area contributed by atoms with Crippen LogP contribution in [-0.4, -0.2) is 25.5 Å². The van der Waals surface area contributed by atoms with Crippen molar-refractivity contribution in [3.05, 3.63) is 47.5 Å². The van der Waals surface area contributed by atoms with Crippen LogP contribution in [0.5, 0.6) is 11.5 Å². The van der Waals surface area contributed by atoms with E-state index in [1.54, 1.807) is 42.5 Å². The number of ether oxygens (including phenoxy) is 2. The van der Waals surface area contributed by atoms with Crippen LogP contribution in [0.25, 0.3) is 0 Å². The second-order valence-corrected chi connectivity index (χ2v) is 6.70. The second-order valence-electron chi connectivity index (χ2n) is 6.30. The first-order valence-electron chi connectivity index (χ1n) is 8.68. The Labute approximate surface area is 162 Å². The molecular formula is C20H21ClN2O4. The SMILES string of the molecule is CCOc1ccc(NC(=O)C2(C(=O)Nc3ccc(OC)c(Cl)c3)CC2)cc1. The van der Waals surface area contributed by atoms with Gasteiger partial charge in [0.05, 0.1) is 18.7 Å². The van der Waals surface area contributed by atoms with Crippen molar-refractivity contribution in [3.8, 4) is 11.5 Å². The first kappa shape index (κ1) is 19.0. The molecule has 2 aromatic carbocycles. The van der Waals surface area contributed by atoms with E-state index in [1.165, 1.54) is 7.11 Å². The van der Waals surface area contributed by atoms with Gasteiger partial charge in [-0.2, -0.15) is 0 Å². The number of benzene rings is 2. The molecule has 3 rings (SSSR count). The number of anilines is 2. The summed E-state index contributed by atoms with van der Waals surface area (Å²) in [5, 5.41) is 5.97. The molecule has 0 bridgehead atoms. The van der Waals surface area contributed by atoms with E-state index in [9.17, 15) is 9.59 Å². The summed E-state index contributed by atoms with van der Waals surface area (Å²) in [5.41, 5.74) is 0.0892. The summed E-state index contributed by atoms with van der Waals surface area (Å²) in [7, 11) is 1.52. The fourth-order valence-electron chi connectivity index (χ4n) is 2.73. The van der Waals surface area contributed by atoms with E-state index >= 15 is 0 Å². The van der Waals surface area contributed by atoms with Gasteiger partial charge in [0.25, 0.3) is 0 Å². The number of hydrogen-bond donors (Lipinski definition) is 2. The molecule has 142 valence electrons. The number of rotatable bonds is 7. The molecule has 1 saturated carbocycles. The van der Waals surface area contributed by atoms with Gasteiger partial charge in [-0.3, -0.25) is 9.59 Å². The molecule has 0 unspecified atom stereocenters. The third kappa shape index (κ3) is 4.17. The number of halogens is 1. The average molecular weight is 389 g/mol. The van der Waals surface area contributed by atoms with Crippen LogP contribution < -0.4 is 20.1 Å². The zero-order valence-corrected chi connectivity index (χ0v) is 15.9. The third-order valence-corrected chi connectivity index (χ3v) is 4.75. The number of hydrogen-bond acceptors (Lipinski definition) is 4. The molecule has 0 saturated heterocycles. The van der Waals surface area contributed by atoms with Crippen molar-refractivity contribution in [2.45, 2.75) is 19.8 Å². The lowest BCUT2D eigenvalue weighted by molar-refractivity contribution is -0.131. The monoisotopic (exact) mass is 388 g/mol. The van der Waals surface area contributed by atoms with E-state index in [-0.39, 0.29) is 11.8 Å². The summed E-state index contributed by atoms with van der Waals surface area (Å²) in [5.74, 6) is 0.589. The molecule has 2 amide bonds. The topological polar surface area (TPSA) is 76.7 Å². The van der Waals surface area contributed by atoms with Crippen LogP contribution in [0.15, 0.2) is 42.5 Å². The first-order chi connectivity index (χ1) is 13.0. The van der Waals surface area contributed by atoms with Crippen molar-refractivity contribution in [2.24, 2.45) is 5.41 Å². The molecule has 2 aromatic rings. The number of carbonyl (C=O) groups is 2. The van der Waals surface area contributed by atoms with Crippen LogP contribution in [0.1, 0.15) is 19.8 Å². The van der Waals surface area contributed by atoms with Crippen molar-refractivity contribution < 1.29 is 19.1 Å². The van der Waals surface area contributed by atoms with Gasteiger partial charge in [-0.15, -0.1) is 0 Å². The zero-order valence-electron chi connectivity index (χ0n) is 15.2. The van der Waals surface area contributed by atoms with Crippen LogP contribution >= 0.6 is 11.6 Å². The van der Waals surface area contributed by atoms with E-state index in [4.69, 9.17) is 21.1 Å². The standard InChI is InChI=1S/C20H21ClN2O4/c1-3-27-15-7-4-13(5-8-15)22-18(24)20(10-11-20)19(25)23-14-6-9-17(26-2)16(21)12-14/h4-9,12H,3,10-11H2,1-2H3,(H,22,24)(H,23,25). The summed E-state index contributed by atoms with van der Waals surface area (Å²) in [6.07, 6.45) is 1.01. The Bertz CT molecular complexity index is 848. The minimum atomic E-state index is -1.05. The zero-order chi connectivity index (χ0) is 19.4. The lowest BCUT2D eigenvalue weighted by Gasteiger charge is -2.16. The van der Waals surface area contributed by atoms with Crippen LogP contribution in [0.2, 0.25) is 5.02 Å². The smallest absolute Gasteiger partial charge is 0.240 e. The van der Waals surface area contributed by atoms with Crippen molar-refractivity contribution >= 4 is 34.8 Å². The molecule has 1 aliphatic rings. The summed E-state index contributed by atoms with van der Waals surface area (Å²) in [6, 6.07) is 12.0. The molecule has 2 N–H and O–H groups in total. The van der Waals surface area contributed by atoms with Gasteiger partial charge >= 0.3 is 0 Å². The van der Waals surface area contributed by atoms with E-state index in [1.807, 2.05) is 6.92 Å². The maximum atomic E-state index is 12.7. The van der Waals surface area contributed by atoms with Crippen molar-refractivity contribution in [1.82, 2.24) is 0 Å². The van der Waals surface area contributed by atoms with Gasteiger partial charge in [-0.1, -0.05) is 11.6 Å². The summed E-state index contributed by atoms with van der Waals surface area (Å²) >= 11 is 6.08. The Morgan fingerprint density at radius 2 is 1.63 bits per heavy atom. The molecule has 27 heavy (non-hydrogen) atoms. The summed E-state index contributed by atoms with van der Waals surface area (Å²) < 4.78 is 10.5. The van der Waals surface area contributed by atoms with Crippen molar-refractivity contribution in [2.75, 3.05) is 24.4 Å². The molecule has 0 spiro atoms. The second kappa shape index (κ2) is 7.88. The van der Waals surface area contributed by atoms with E-state index < -0.39 is 5.41 Å². The Kier molecular flexibility index (Phi) is 5.56. The first-order valence-corrected chi connectivity index (χ1v) is 9.05. The summed E-state index contributed by atoms with van der Waals surface area (Å²) in [6.45, 7) is 2.48. The Morgan fingerprint density at radius 1 is 1.04 bits per heavy atom. The summed E-state index contributed by atoms with van der Waals surface area (Å²) in [4.78, 5) is 25.3. The third-order valence-electron chi connectivity index (χ3n) is 4.45. The maximum Gasteiger partial charge on any atom is 0.240 e. The van der Waals surface area contributed by atoms with Gasteiger partial charge in [0.2, 0.25) is 11.8 Å². The van der Waals surface area contributed by atoms with E-state index in [0.717, 1.165) is 5.75 Å². The quantitative estimate of drug-likeness (QED) is 0.700. The molecule has 1 fully saturated rings. The molecule has 6 nitrogen and oxygen atoms in total. The lowest BCUT2D eigenvalue weighted by Crippen LogP contribution is -2.35. The largest absolute Gasteiger partial charge is 0.495 e. The fourth-order valence-corrected chi connectivity index (χ4v) is 2.99. The van der Waals surface area contributed by atoms with Crippen molar-refractivity contribution in [1.29, 1.82) is 0 Å². The van der Waals surface area contributed by atoms with Crippen LogP contribution in [0, 0.1) is 5.41 Å². The maximum absolute atomic E-state index is 12.7. The Hall–Kier alpha value is -2.73. The average Bonchev–Trinajstić information content (AvgIpc) is 3.46. The highest BCUT2D eigenvalue weighted by atomic mass is 35.5. The Morgan fingerprint density at radius 3 is 2.15 bits per heavy atom. The molecule has 1 aliphatic carbocycles. The predicted octanol–water partition coefficient (Wildman–Crippen LogP) is 4.10. The van der Waals surface area contributed by atoms with Crippen molar-refractivity contribution in [3.63, 3.8) is 0 Å². The highest BCUT2D eigenvalue weighted by Crippen LogP contribution is 2.47. The number of methoxy groups -OCH3 is 1. The normalized spacial score (nSPS) is 14.2. The van der Waals surface area contributed by atoms with E-state index in [2.05, 4.69) is 10.6 Å². The Balaban J connectivity index is 1.65. The molecule has 0 radical (unpaired) electrons. The van der Waals surface area contributed by atoms with Crippen LogP contribution in [-0.2, 0) is 9.59 Å². The minimum Gasteiger partial charge on any atom is -0.495 e.